The summed E-state index contributed by atoms with van der Waals surface area (Å²) in [7, 11) is 4.16. The molecule has 1 unspecified atom stereocenters. The third kappa shape index (κ3) is 1.75. The molecule has 1 aliphatic carbocycles. The molecule has 0 radical (unpaired) electrons. The van der Waals surface area contributed by atoms with Crippen LogP contribution in [-0.4, -0.2) is 20.1 Å². The highest BCUT2D eigenvalue weighted by Gasteiger charge is 2.15. The maximum absolute atomic E-state index is 5.94. The van der Waals surface area contributed by atoms with Crippen molar-refractivity contribution >= 4 is 5.69 Å². The van der Waals surface area contributed by atoms with E-state index in [1.165, 1.54) is 16.8 Å². The first-order valence-electron chi connectivity index (χ1n) is 5.21. The first-order valence-corrected chi connectivity index (χ1v) is 5.21. The lowest BCUT2D eigenvalue weighted by Gasteiger charge is -2.23. The molecule has 0 spiro atoms. The topological polar surface area (TPSA) is 29.3 Å². The fourth-order valence-electron chi connectivity index (χ4n) is 2.05. The number of nitrogens with two attached hydrogens (primary N) is 1. The minimum atomic E-state index is 0.368. The van der Waals surface area contributed by atoms with E-state index in [4.69, 9.17) is 5.73 Å². The summed E-state index contributed by atoms with van der Waals surface area (Å²) in [5, 5.41) is 0. The number of aryl methyl sites for hydroxylation is 1. The average molecular weight is 190 g/mol. The van der Waals surface area contributed by atoms with Crippen LogP contribution in [0.5, 0.6) is 0 Å². The lowest BCUT2D eigenvalue weighted by Crippen LogP contribution is -2.27. The molecule has 2 heteroatoms. The molecule has 0 amide bonds. The van der Waals surface area contributed by atoms with Crippen molar-refractivity contribution < 1.29 is 0 Å². The summed E-state index contributed by atoms with van der Waals surface area (Å²) in [5.74, 6) is 0. The van der Waals surface area contributed by atoms with Gasteiger partial charge in [0.2, 0.25) is 0 Å². The molecule has 0 saturated heterocycles. The molecule has 0 saturated carbocycles. The lowest BCUT2D eigenvalue weighted by molar-refractivity contribution is 0.576. The molecule has 0 aromatic heterocycles. The second-order valence-electron chi connectivity index (χ2n) is 4.35. The molecule has 1 aliphatic rings. The van der Waals surface area contributed by atoms with Crippen molar-refractivity contribution in [2.45, 2.75) is 25.3 Å². The minimum Gasteiger partial charge on any atom is -0.378 e. The predicted octanol–water partition coefficient (Wildman–Crippen LogP) is 1.57. The van der Waals surface area contributed by atoms with Crippen molar-refractivity contribution in [3.8, 4) is 0 Å². The Kier molecular flexibility index (Phi) is 2.46. The van der Waals surface area contributed by atoms with Gasteiger partial charge >= 0.3 is 0 Å². The van der Waals surface area contributed by atoms with E-state index < -0.39 is 0 Å². The van der Waals surface area contributed by atoms with Crippen molar-refractivity contribution in [3.05, 3.63) is 29.3 Å². The van der Waals surface area contributed by atoms with Gasteiger partial charge in [0.25, 0.3) is 0 Å². The zero-order chi connectivity index (χ0) is 10.1. The van der Waals surface area contributed by atoms with Gasteiger partial charge in [-0.3, -0.25) is 0 Å². The van der Waals surface area contributed by atoms with Crippen LogP contribution in [0.1, 0.15) is 17.5 Å². The van der Waals surface area contributed by atoms with Crippen molar-refractivity contribution in [1.82, 2.24) is 0 Å². The Bertz CT molecular complexity index is 331. The summed E-state index contributed by atoms with van der Waals surface area (Å²) in [6.45, 7) is 0. The van der Waals surface area contributed by atoms with E-state index in [2.05, 4.69) is 37.2 Å². The maximum Gasteiger partial charge on any atom is 0.0363 e. The highest BCUT2D eigenvalue weighted by Crippen LogP contribution is 2.24. The van der Waals surface area contributed by atoms with E-state index in [-0.39, 0.29) is 0 Å². The second kappa shape index (κ2) is 3.62. The Balaban J connectivity index is 2.31. The van der Waals surface area contributed by atoms with Gasteiger partial charge in [0, 0.05) is 25.8 Å². The Hall–Kier alpha value is -1.02. The summed E-state index contributed by atoms with van der Waals surface area (Å²) in [6, 6.07) is 7.06. The largest absolute Gasteiger partial charge is 0.378 e. The quantitative estimate of drug-likeness (QED) is 0.728. The molecule has 0 aliphatic heterocycles. The Morgan fingerprint density at radius 1 is 1.29 bits per heavy atom. The number of fused-ring (bicyclic) bond motifs is 1. The number of rotatable bonds is 1. The van der Waals surface area contributed by atoms with Gasteiger partial charge in [-0.05, 0) is 42.5 Å². The van der Waals surface area contributed by atoms with Crippen LogP contribution >= 0.6 is 0 Å². The number of anilines is 1. The summed E-state index contributed by atoms with van der Waals surface area (Å²) < 4.78 is 0. The van der Waals surface area contributed by atoms with E-state index in [1.807, 2.05) is 0 Å². The van der Waals surface area contributed by atoms with Crippen LogP contribution in [0, 0.1) is 0 Å². The minimum absolute atomic E-state index is 0.368. The van der Waals surface area contributed by atoms with Crippen molar-refractivity contribution in [1.29, 1.82) is 0 Å². The first-order chi connectivity index (χ1) is 6.66. The molecular weight excluding hydrogens is 172 g/mol. The molecule has 1 aromatic carbocycles. The SMILES string of the molecule is CN(C)c1ccc2c(c1)CCC(N)C2. The zero-order valence-electron chi connectivity index (χ0n) is 8.96. The van der Waals surface area contributed by atoms with Gasteiger partial charge in [-0.1, -0.05) is 6.07 Å². The molecule has 1 atom stereocenters. The molecule has 2 nitrogen and oxygen atoms in total. The van der Waals surface area contributed by atoms with Gasteiger partial charge in [-0.25, -0.2) is 0 Å². The molecule has 76 valence electrons. The third-order valence-electron chi connectivity index (χ3n) is 2.97. The highest BCUT2D eigenvalue weighted by molar-refractivity contribution is 5.50. The number of hydrogen-bond donors (Lipinski definition) is 1. The van der Waals surface area contributed by atoms with Crippen LogP contribution < -0.4 is 10.6 Å². The van der Waals surface area contributed by atoms with Gasteiger partial charge in [0.15, 0.2) is 0 Å². The van der Waals surface area contributed by atoms with Crippen LogP contribution in [0.2, 0.25) is 0 Å². The Morgan fingerprint density at radius 2 is 2.07 bits per heavy atom. The van der Waals surface area contributed by atoms with Crippen LogP contribution in [0.3, 0.4) is 0 Å². The van der Waals surface area contributed by atoms with Crippen LogP contribution in [-0.2, 0) is 12.8 Å². The van der Waals surface area contributed by atoms with Crippen LogP contribution in [0.15, 0.2) is 18.2 Å². The first kappa shape index (κ1) is 9.53. The number of hydrogen-bond acceptors (Lipinski definition) is 2. The molecule has 14 heavy (non-hydrogen) atoms. The van der Waals surface area contributed by atoms with Gasteiger partial charge in [-0.2, -0.15) is 0 Å². The number of nitrogens with zero attached hydrogens (tertiary/aromatic N) is 1. The van der Waals surface area contributed by atoms with Crippen molar-refractivity contribution in [3.63, 3.8) is 0 Å². The maximum atomic E-state index is 5.94. The molecule has 1 aromatic rings. The molecule has 0 fully saturated rings. The smallest absolute Gasteiger partial charge is 0.0363 e. The lowest BCUT2D eigenvalue weighted by atomic mass is 9.88. The average Bonchev–Trinajstić information content (AvgIpc) is 2.16. The van der Waals surface area contributed by atoms with Crippen LogP contribution in [0.25, 0.3) is 0 Å². The van der Waals surface area contributed by atoms with Crippen molar-refractivity contribution in [2.24, 2.45) is 5.73 Å². The molecule has 0 bridgehead atoms. The molecule has 2 N–H and O–H groups in total. The van der Waals surface area contributed by atoms with E-state index >= 15 is 0 Å². The fraction of sp³-hybridized carbons (Fsp3) is 0.500. The van der Waals surface area contributed by atoms with Crippen molar-refractivity contribution in [2.75, 3.05) is 19.0 Å². The summed E-state index contributed by atoms with van der Waals surface area (Å²) in [4.78, 5) is 2.15. The monoisotopic (exact) mass is 190 g/mol. The van der Waals surface area contributed by atoms with E-state index in [0.29, 0.717) is 6.04 Å². The summed E-state index contributed by atoms with van der Waals surface area (Å²) >= 11 is 0. The predicted molar refractivity (Wildman–Crippen MR) is 60.8 cm³/mol. The summed E-state index contributed by atoms with van der Waals surface area (Å²) in [6.07, 6.45) is 3.31. The van der Waals surface area contributed by atoms with Gasteiger partial charge in [-0.15, -0.1) is 0 Å². The number of benzene rings is 1. The normalized spacial score (nSPS) is 20.4. The van der Waals surface area contributed by atoms with Crippen LogP contribution in [0.4, 0.5) is 5.69 Å². The second-order valence-corrected chi connectivity index (χ2v) is 4.35. The van der Waals surface area contributed by atoms with Gasteiger partial charge < -0.3 is 10.6 Å². The molecule has 0 heterocycles. The third-order valence-corrected chi connectivity index (χ3v) is 2.97. The molecular formula is C12H18N2. The van der Waals surface area contributed by atoms with E-state index in [0.717, 1.165) is 19.3 Å². The van der Waals surface area contributed by atoms with E-state index in [1.54, 1.807) is 0 Å². The highest BCUT2D eigenvalue weighted by atomic mass is 15.1. The Morgan fingerprint density at radius 3 is 2.79 bits per heavy atom. The zero-order valence-corrected chi connectivity index (χ0v) is 8.96. The van der Waals surface area contributed by atoms with Gasteiger partial charge in [0.1, 0.15) is 0 Å². The van der Waals surface area contributed by atoms with E-state index in [9.17, 15) is 0 Å². The Labute approximate surface area is 85.7 Å². The fourth-order valence-corrected chi connectivity index (χ4v) is 2.05. The standard InChI is InChI=1S/C12H18N2/c1-14(2)12-6-4-9-7-11(13)5-3-10(9)8-12/h4,6,8,11H,3,5,7,13H2,1-2H3. The van der Waals surface area contributed by atoms with Gasteiger partial charge in [0.05, 0.1) is 0 Å². The molecule has 2 rings (SSSR count). The summed E-state index contributed by atoms with van der Waals surface area (Å²) in [5.41, 5.74) is 10.2.